The predicted molar refractivity (Wildman–Crippen MR) is 76.2 cm³/mol. The molecule has 0 saturated carbocycles. The number of halogens is 2. The Bertz CT molecular complexity index is 663. The van der Waals surface area contributed by atoms with Gasteiger partial charge in [-0.05, 0) is 17.7 Å². The lowest BCUT2D eigenvalue weighted by Crippen LogP contribution is -2.48. The molecule has 1 saturated heterocycles. The van der Waals surface area contributed by atoms with Crippen molar-refractivity contribution < 1.29 is 22.7 Å². The summed E-state index contributed by atoms with van der Waals surface area (Å²) in [7, 11) is 4.13. The van der Waals surface area contributed by atoms with Crippen molar-refractivity contribution >= 4 is 41.8 Å². The van der Waals surface area contributed by atoms with Crippen LogP contribution in [0.2, 0.25) is 0 Å². The van der Waals surface area contributed by atoms with Crippen LogP contribution in [0.5, 0.6) is 11.5 Å². The predicted octanol–water partition coefficient (Wildman–Crippen LogP) is 2.22. The summed E-state index contributed by atoms with van der Waals surface area (Å²) in [4.78, 5) is 11.4. The van der Waals surface area contributed by atoms with E-state index in [1.807, 2.05) is 0 Å². The van der Waals surface area contributed by atoms with E-state index in [1.54, 1.807) is 12.1 Å². The van der Waals surface area contributed by atoms with Crippen molar-refractivity contribution in [2.75, 3.05) is 14.2 Å². The molecule has 0 bridgehead atoms. The van der Waals surface area contributed by atoms with Crippen LogP contribution in [-0.2, 0) is 14.0 Å². The normalized spacial score (nSPS) is 18.7. The number of carbonyl (C=O) groups excluding carboxylic acids is 1. The third-order valence-corrected chi connectivity index (χ3v) is 5.05. The number of nitrogens with zero attached hydrogens (tertiary/aromatic N) is 1. The maximum absolute atomic E-state index is 11.4. The van der Waals surface area contributed by atoms with Crippen LogP contribution in [0.1, 0.15) is 18.0 Å². The van der Waals surface area contributed by atoms with Crippen LogP contribution in [0.4, 0.5) is 0 Å². The molecule has 0 aliphatic carbocycles. The van der Waals surface area contributed by atoms with Gasteiger partial charge in [0.2, 0.25) is 5.91 Å². The first-order chi connectivity index (χ1) is 9.29. The topological polar surface area (TPSA) is 72.9 Å². The number of hydrogen-bond donors (Lipinski definition) is 0. The van der Waals surface area contributed by atoms with Crippen LogP contribution >= 0.6 is 26.6 Å². The molecule has 0 aromatic heterocycles. The Labute approximate surface area is 129 Å². The first-order valence-electron chi connectivity index (χ1n) is 5.48. The zero-order valence-corrected chi connectivity index (χ0v) is 13.8. The fraction of sp³-hybridized carbons (Fsp3) is 0.364. The van der Waals surface area contributed by atoms with Gasteiger partial charge in [-0.1, -0.05) is 15.9 Å². The highest BCUT2D eigenvalue weighted by Crippen LogP contribution is 2.44. The Kier molecular flexibility index (Phi) is 4.17. The third kappa shape index (κ3) is 2.59. The van der Waals surface area contributed by atoms with Gasteiger partial charge in [-0.3, -0.25) is 4.79 Å². The molecule has 1 atom stereocenters. The minimum absolute atomic E-state index is 0.0695. The van der Waals surface area contributed by atoms with Gasteiger partial charge in [0.15, 0.2) is 11.5 Å². The van der Waals surface area contributed by atoms with E-state index >= 15 is 0 Å². The first kappa shape index (κ1) is 15.4. The molecular formula is C11H11BrClNO5S. The molecule has 1 unspecified atom stereocenters. The molecule has 1 amide bonds. The molecule has 0 spiro atoms. The number of methoxy groups -OCH3 is 2. The zero-order valence-electron chi connectivity index (χ0n) is 10.6. The maximum Gasteiger partial charge on any atom is 0.324 e. The van der Waals surface area contributed by atoms with Crippen molar-refractivity contribution in [2.45, 2.75) is 12.5 Å². The lowest BCUT2D eigenvalue weighted by molar-refractivity contribution is -0.137. The lowest BCUT2D eigenvalue weighted by Gasteiger charge is -2.37. The van der Waals surface area contributed by atoms with Crippen LogP contribution in [0.3, 0.4) is 0 Å². The Morgan fingerprint density at radius 3 is 2.30 bits per heavy atom. The van der Waals surface area contributed by atoms with Crippen LogP contribution in [0.15, 0.2) is 16.6 Å². The Morgan fingerprint density at radius 1 is 1.30 bits per heavy atom. The van der Waals surface area contributed by atoms with Crippen molar-refractivity contribution in [2.24, 2.45) is 0 Å². The number of rotatable bonds is 4. The standard InChI is InChI=1S/C11H11BrClNO5S/c1-18-9-3-6(7(12)4-10(9)19-2)8-5-11(15)14(8)20(13,16)17/h3-4,8H,5H2,1-2H3. The number of benzene rings is 1. The Hall–Kier alpha value is -0.990. The summed E-state index contributed by atoms with van der Waals surface area (Å²) >= 11 is 3.33. The van der Waals surface area contributed by atoms with E-state index in [0.717, 1.165) is 0 Å². The highest BCUT2D eigenvalue weighted by atomic mass is 79.9. The van der Waals surface area contributed by atoms with E-state index in [1.165, 1.54) is 14.2 Å². The van der Waals surface area contributed by atoms with Crippen LogP contribution in [0, 0.1) is 0 Å². The van der Waals surface area contributed by atoms with E-state index in [0.29, 0.717) is 25.8 Å². The third-order valence-electron chi connectivity index (χ3n) is 2.99. The summed E-state index contributed by atoms with van der Waals surface area (Å²) in [6.45, 7) is 0. The second-order valence-corrected chi connectivity index (χ2v) is 7.32. The molecular weight excluding hydrogens is 374 g/mol. The van der Waals surface area contributed by atoms with Gasteiger partial charge in [-0.15, -0.1) is 0 Å². The van der Waals surface area contributed by atoms with E-state index < -0.39 is 21.2 Å². The van der Waals surface area contributed by atoms with E-state index in [-0.39, 0.29) is 6.42 Å². The quantitative estimate of drug-likeness (QED) is 0.588. The van der Waals surface area contributed by atoms with Crippen molar-refractivity contribution in [3.05, 3.63) is 22.2 Å². The molecule has 20 heavy (non-hydrogen) atoms. The monoisotopic (exact) mass is 383 g/mol. The molecule has 1 aliphatic heterocycles. The van der Waals surface area contributed by atoms with Crippen LogP contribution in [0.25, 0.3) is 0 Å². The summed E-state index contributed by atoms with van der Waals surface area (Å²) in [6.07, 6.45) is 0.0695. The van der Waals surface area contributed by atoms with Gasteiger partial charge < -0.3 is 9.47 Å². The molecule has 0 N–H and O–H groups in total. The van der Waals surface area contributed by atoms with E-state index in [9.17, 15) is 13.2 Å². The average Bonchev–Trinajstić information content (AvgIpc) is 2.33. The van der Waals surface area contributed by atoms with Gasteiger partial charge in [0, 0.05) is 15.2 Å². The van der Waals surface area contributed by atoms with Gasteiger partial charge in [0.1, 0.15) is 0 Å². The smallest absolute Gasteiger partial charge is 0.324 e. The molecule has 2 rings (SSSR count). The largest absolute Gasteiger partial charge is 0.493 e. The summed E-state index contributed by atoms with van der Waals surface area (Å²) in [5, 5.41) is 0. The summed E-state index contributed by atoms with van der Waals surface area (Å²) in [5.74, 6) is 0.401. The SMILES string of the molecule is COc1cc(Br)c(C2CC(=O)N2S(=O)(=O)Cl)cc1OC. The summed E-state index contributed by atoms with van der Waals surface area (Å²) in [6, 6.07) is 2.63. The zero-order chi connectivity index (χ0) is 15.1. The van der Waals surface area contributed by atoms with Gasteiger partial charge in [-0.2, -0.15) is 8.42 Å². The molecule has 9 heteroatoms. The number of ether oxygens (including phenoxy) is 2. The van der Waals surface area contributed by atoms with Crippen molar-refractivity contribution in [1.82, 2.24) is 4.31 Å². The van der Waals surface area contributed by atoms with Crippen LogP contribution < -0.4 is 9.47 Å². The summed E-state index contributed by atoms with van der Waals surface area (Å²) in [5.41, 5.74) is 0.589. The average molecular weight is 385 g/mol. The van der Waals surface area contributed by atoms with Gasteiger partial charge >= 0.3 is 9.24 Å². The number of carbonyl (C=O) groups is 1. The molecule has 6 nitrogen and oxygen atoms in total. The molecule has 110 valence electrons. The minimum atomic E-state index is -4.10. The molecule has 1 heterocycles. The minimum Gasteiger partial charge on any atom is -0.493 e. The van der Waals surface area contributed by atoms with Crippen molar-refractivity contribution in [3.8, 4) is 11.5 Å². The summed E-state index contributed by atoms with van der Waals surface area (Å²) < 4.78 is 34.4. The fourth-order valence-electron chi connectivity index (χ4n) is 2.03. The Balaban J connectivity index is 2.46. The van der Waals surface area contributed by atoms with Gasteiger partial charge in [0.05, 0.1) is 26.7 Å². The molecule has 1 aromatic carbocycles. The van der Waals surface area contributed by atoms with E-state index in [2.05, 4.69) is 15.9 Å². The second-order valence-electron chi connectivity index (χ2n) is 4.08. The molecule has 1 fully saturated rings. The van der Waals surface area contributed by atoms with Gasteiger partial charge in [-0.25, -0.2) is 4.31 Å². The molecule has 1 aromatic rings. The molecule has 0 radical (unpaired) electrons. The number of β-lactam (4-membered cyclic amide) rings is 1. The number of hydrogen-bond acceptors (Lipinski definition) is 5. The van der Waals surface area contributed by atoms with Crippen molar-refractivity contribution in [3.63, 3.8) is 0 Å². The maximum atomic E-state index is 11.4. The molecule has 1 aliphatic rings. The van der Waals surface area contributed by atoms with Crippen molar-refractivity contribution in [1.29, 1.82) is 0 Å². The Morgan fingerprint density at radius 2 is 1.85 bits per heavy atom. The fourth-order valence-corrected chi connectivity index (χ4v) is 3.95. The van der Waals surface area contributed by atoms with Gasteiger partial charge in [0.25, 0.3) is 0 Å². The highest BCUT2D eigenvalue weighted by molar-refractivity contribution is 9.10. The lowest BCUT2D eigenvalue weighted by atomic mass is 9.97. The number of amides is 1. The highest BCUT2D eigenvalue weighted by Gasteiger charge is 2.45. The second kappa shape index (κ2) is 5.42. The van der Waals surface area contributed by atoms with Crippen LogP contribution in [-0.4, -0.2) is 32.8 Å². The van der Waals surface area contributed by atoms with E-state index in [4.69, 9.17) is 20.2 Å². The first-order valence-corrected chi connectivity index (χ1v) is 8.53.